The molecule has 2 amide bonds. The van der Waals surface area contributed by atoms with Gasteiger partial charge < -0.3 is 15.2 Å². The van der Waals surface area contributed by atoms with Crippen LogP contribution in [0.3, 0.4) is 0 Å². The largest absolute Gasteiger partial charge is 0.360 e. The van der Waals surface area contributed by atoms with E-state index in [0.29, 0.717) is 35.2 Å². The standard InChI is InChI=1S/C24H28N6O3/c1-16-12-21(29-33-16)28-22(31)15-30-11-7-6-10-20(30)23-19(14-25-17(2)27-23)24(32)26-13-18-8-4-3-5-9-18/h3-5,8-9,12,14,20H,6-7,10-11,13,15H2,1-2H3,(H,26,32)(H,28,29,31)/t20-/m1/s1. The highest BCUT2D eigenvalue weighted by molar-refractivity contribution is 5.95. The van der Waals surface area contributed by atoms with Crippen molar-refractivity contribution >= 4 is 17.6 Å². The summed E-state index contributed by atoms with van der Waals surface area (Å²) in [4.78, 5) is 36.7. The topological polar surface area (TPSA) is 113 Å². The van der Waals surface area contributed by atoms with Crippen molar-refractivity contribution in [3.8, 4) is 0 Å². The average Bonchev–Trinajstić information content (AvgIpc) is 3.22. The molecule has 172 valence electrons. The second-order valence-electron chi connectivity index (χ2n) is 8.24. The van der Waals surface area contributed by atoms with Crippen LogP contribution in [0.4, 0.5) is 5.82 Å². The summed E-state index contributed by atoms with van der Waals surface area (Å²) in [6.07, 6.45) is 4.38. The Morgan fingerprint density at radius 2 is 2.00 bits per heavy atom. The van der Waals surface area contributed by atoms with E-state index < -0.39 is 0 Å². The summed E-state index contributed by atoms with van der Waals surface area (Å²) in [7, 11) is 0. The second-order valence-corrected chi connectivity index (χ2v) is 8.24. The summed E-state index contributed by atoms with van der Waals surface area (Å²) in [5, 5.41) is 9.56. The molecule has 0 unspecified atom stereocenters. The van der Waals surface area contributed by atoms with Crippen molar-refractivity contribution in [3.05, 3.63) is 71.0 Å². The zero-order valence-electron chi connectivity index (χ0n) is 18.9. The van der Waals surface area contributed by atoms with E-state index >= 15 is 0 Å². The Hall–Kier alpha value is -3.59. The fraction of sp³-hybridized carbons (Fsp3) is 0.375. The lowest BCUT2D eigenvalue weighted by Crippen LogP contribution is -2.40. The maximum absolute atomic E-state index is 13.1. The number of anilines is 1. The number of piperidine rings is 1. The van der Waals surface area contributed by atoms with Gasteiger partial charge in [-0.1, -0.05) is 41.9 Å². The average molecular weight is 449 g/mol. The fourth-order valence-corrected chi connectivity index (χ4v) is 4.07. The van der Waals surface area contributed by atoms with E-state index in [1.165, 1.54) is 0 Å². The molecular weight excluding hydrogens is 420 g/mol. The van der Waals surface area contributed by atoms with Crippen molar-refractivity contribution in [2.45, 2.75) is 45.7 Å². The number of hydrogen-bond acceptors (Lipinski definition) is 7. The van der Waals surface area contributed by atoms with Gasteiger partial charge in [-0.05, 0) is 38.8 Å². The van der Waals surface area contributed by atoms with E-state index in [1.54, 1.807) is 19.2 Å². The van der Waals surface area contributed by atoms with Crippen molar-refractivity contribution < 1.29 is 14.1 Å². The molecule has 2 aromatic heterocycles. The van der Waals surface area contributed by atoms with E-state index in [-0.39, 0.29) is 24.4 Å². The van der Waals surface area contributed by atoms with Gasteiger partial charge in [0.2, 0.25) is 5.91 Å². The number of likely N-dealkylation sites (tertiary alicyclic amines) is 1. The summed E-state index contributed by atoms with van der Waals surface area (Å²) in [6.45, 7) is 4.91. The Balaban J connectivity index is 1.50. The minimum atomic E-state index is -0.220. The quantitative estimate of drug-likeness (QED) is 0.571. The van der Waals surface area contributed by atoms with E-state index in [0.717, 1.165) is 31.4 Å². The highest BCUT2D eigenvalue weighted by Gasteiger charge is 2.30. The minimum absolute atomic E-state index is 0.150. The SMILES string of the molecule is Cc1ncc(C(=O)NCc2ccccc2)c([C@H]2CCCCN2CC(=O)Nc2cc(C)on2)n1. The lowest BCUT2D eigenvalue weighted by atomic mass is 9.96. The van der Waals surface area contributed by atoms with Crippen LogP contribution in [-0.2, 0) is 11.3 Å². The smallest absolute Gasteiger partial charge is 0.255 e. The fourth-order valence-electron chi connectivity index (χ4n) is 4.07. The van der Waals surface area contributed by atoms with E-state index in [1.807, 2.05) is 37.3 Å². The summed E-state index contributed by atoms with van der Waals surface area (Å²) < 4.78 is 5.02. The zero-order valence-corrected chi connectivity index (χ0v) is 18.9. The molecule has 2 N–H and O–H groups in total. The van der Waals surface area contributed by atoms with Crippen molar-refractivity contribution in [1.29, 1.82) is 0 Å². The number of hydrogen-bond donors (Lipinski definition) is 2. The van der Waals surface area contributed by atoms with Gasteiger partial charge >= 0.3 is 0 Å². The number of carbonyl (C=O) groups is 2. The Labute approximate surface area is 192 Å². The minimum Gasteiger partial charge on any atom is -0.360 e. The van der Waals surface area contributed by atoms with Crippen molar-refractivity contribution in [1.82, 2.24) is 25.3 Å². The molecule has 0 aliphatic carbocycles. The first-order valence-corrected chi connectivity index (χ1v) is 11.1. The molecule has 9 nitrogen and oxygen atoms in total. The number of carbonyl (C=O) groups excluding carboxylic acids is 2. The molecule has 0 radical (unpaired) electrons. The molecule has 1 saturated heterocycles. The Kier molecular flexibility index (Phi) is 7.09. The summed E-state index contributed by atoms with van der Waals surface area (Å²) >= 11 is 0. The van der Waals surface area contributed by atoms with Gasteiger partial charge in [0.1, 0.15) is 11.6 Å². The summed E-state index contributed by atoms with van der Waals surface area (Å²) in [5.41, 5.74) is 2.12. The van der Waals surface area contributed by atoms with Gasteiger partial charge in [0, 0.05) is 18.8 Å². The number of nitrogens with zero attached hydrogens (tertiary/aromatic N) is 4. The summed E-state index contributed by atoms with van der Waals surface area (Å²) in [6, 6.07) is 11.3. The predicted octanol–water partition coefficient (Wildman–Crippen LogP) is 3.18. The van der Waals surface area contributed by atoms with Crippen LogP contribution < -0.4 is 10.6 Å². The summed E-state index contributed by atoms with van der Waals surface area (Å²) in [5.74, 6) is 1.21. The molecule has 9 heteroatoms. The first-order chi connectivity index (χ1) is 16.0. The molecule has 1 fully saturated rings. The first-order valence-electron chi connectivity index (χ1n) is 11.1. The lowest BCUT2D eigenvalue weighted by Gasteiger charge is -2.35. The maximum atomic E-state index is 13.1. The third kappa shape index (κ3) is 5.81. The van der Waals surface area contributed by atoms with Crippen molar-refractivity contribution in [2.24, 2.45) is 0 Å². The number of nitrogens with one attached hydrogen (secondary N) is 2. The molecule has 0 bridgehead atoms. The lowest BCUT2D eigenvalue weighted by molar-refractivity contribution is -0.118. The van der Waals surface area contributed by atoms with Gasteiger partial charge in [-0.15, -0.1) is 0 Å². The molecular formula is C24H28N6O3. The normalized spacial score (nSPS) is 16.4. The van der Waals surface area contributed by atoms with Gasteiger partial charge in [0.15, 0.2) is 5.82 Å². The molecule has 1 aromatic carbocycles. The van der Waals surface area contributed by atoms with Crippen LogP contribution in [0.5, 0.6) is 0 Å². The zero-order chi connectivity index (χ0) is 23.2. The van der Waals surface area contributed by atoms with Crippen molar-refractivity contribution in [3.63, 3.8) is 0 Å². The van der Waals surface area contributed by atoms with Crippen LogP contribution in [0.25, 0.3) is 0 Å². The molecule has 33 heavy (non-hydrogen) atoms. The molecule has 0 saturated carbocycles. The van der Waals surface area contributed by atoms with Crippen LogP contribution in [0, 0.1) is 13.8 Å². The van der Waals surface area contributed by atoms with E-state index in [9.17, 15) is 9.59 Å². The van der Waals surface area contributed by atoms with Crippen LogP contribution in [-0.4, -0.2) is 44.9 Å². The van der Waals surface area contributed by atoms with E-state index in [4.69, 9.17) is 4.52 Å². The number of benzene rings is 1. The van der Waals surface area contributed by atoms with Gasteiger partial charge in [-0.3, -0.25) is 14.5 Å². The van der Waals surface area contributed by atoms with Gasteiger partial charge in [-0.25, -0.2) is 9.97 Å². The highest BCUT2D eigenvalue weighted by Crippen LogP contribution is 2.31. The maximum Gasteiger partial charge on any atom is 0.255 e. The number of aryl methyl sites for hydroxylation is 2. The number of amides is 2. The highest BCUT2D eigenvalue weighted by atomic mass is 16.5. The third-order valence-corrected chi connectivity index (χ3v) is 5.65. The monoisotopic (exact) mass is 448 g/mol. The van der Waals surface area contributed by atoms with Crippen LogP contribution in [0.2, 0.25) is 0 Å². The Morgan fingerprint density at radius 3 is 2.76 bits per heavy atom. The van der Waals surface area contributed by atoms with Gasteiger partial charge in [0.05, 0.1) is 23.8 Å². The van der Waals surface area contributed by atoms with Gasteiger partial charge in [-0.2, -0.15) is 0 Å². The molecule has 0 spiro atoms. The number of aromatic nitrogens is 3. The second kappa shape index (κ2) is 10.4. The molecule has 3 aromatic rings. The van der Waals surface area contributed by atoms with E-state index in [2.05, 4.69) is 30.7 Å². The number of rotatable bonds is 7. The van der Waals surface area contributed by atoms with Crippen LogP contribution in [0.1, 0.15) is 58.5 Å². The van der Waals surface area contributed by atoms with Crippen LogP contribution in [0.15, 0.2) is 47.1 Å². The first kappa shape index (κ1) is 22.6. The molecule has 4 rings (SSSR count). The molecule has 1 aliphatic rings. The Morgan fingerprint density at radius 1 is 1.18 bits per heavy atom. The van der Waals surface area contributed by atoms with Crippen LogP contribution >= 0.6 is 0 Å². The molecule has 1 atom stereocenters. The predicted molar refractivity (Wildman–Crippen MR) is 122 cm³/mol. The molecule has 3 heterocycles. The third-order valence-electron chi connectivity index (χ3n) is 5.65. The molecule has 1 aliphatic heterocycles. The van der Waals surface area contributed by atoms with Crippen molar-refractivity contribution in [2.75, 3.05) is 18.4 Å². The van der Waals surface area contributed by atoms with Gasteiger partial charge in [0.25, 0.3) is 5.91 Å². The Bertz CT molecular complexity index is 1110.